The topological polar surface area (TPSA) is 31.0 Å². The summed E-state index contributed by atoms with van der Waals surface area (Å²) in [7, 11) is 0. The van der Waals surface area contributed by atoms with E-state index in [-0.39, 0.29) is 12.4 Å². The number of hydrogen-bond donors (Lipinski definition) is 0. The predicted molar refractivity (Wildman–Crippen MR) is 68.1 cm³/mol. The minimum Gasteiger partial charge on any atom is -0.362 e. The van der Waals surface area contributed by atoms with Crippen LogP contribution in [0.2, 0.25) is 0 Å². The summed E-state index contributed by atoms with van der Waals surface area (Å²) in [6.45, 7) is 2.91. The van der Waals surface area contributed by atoms with Gasteiger partial charge in [-0.1, -0.05) is 6.07 Å². The molecule has 2 fully saturated rings. The monoisotopic (exact) mass is 284 g/mol. The number of halogens is 2. The number of epoxide rings is 1. The molecule has 0 radical (unpaired) electrons. The van der Waals surface area contributed by atoms with Crippen LogP contribution in [0.1, 0.15) is 31.7 Å². The number of hydrogen-bond acceptors (Lipinski definition) is 3. The lowest BCUT2D eigenvalue weighted by Crippen LogP contribution is -2.35. The first-order valence-electron chi connectivity index (χ1n) is 6.98. The Balaban J connectivity index is 1.74. The molecule has 0 aromatic heterocycles. The Kier molecular flexibility index (Phi) is 3.75. The molecule has 20 heavy (non-hydrogen) atoms. The van der Waals surface area contributed by atoms with E-state index in [0.29, 0.717) is 18.8 Å². The predicted octanol–water partition coefficient (Wildman–Crippen LogP) is 3.12. The molecule has 2 heterocycles. The summed E-state index contributed by atoms with van der Waals surface area (Å²) < 4.78 is 43.8. The maximum atomic E-state index is 13.9. The highest BCUT2D eigenvalue weighted by atomic mass is 19.1. The van der Waals surface area contributed by atoms with E-state index in [9.17, 15) is 8.78 Å². The lowest BCUT2D eigenvalue weighted by molar-refractivity contribution is -0.197. The van der Waals surface area contributed by atoms with Crippen molar-refractivity contribution in [3.05, 3.63) is 35.4 Å². The van der Waals surface area contributed by atoms with E-state index < -0.39 is 17.2 Å². The zero-order valence-corrected chi connectivity index (χ0v) is 11.4. The molecular weight excluding hydrogens is 266 g/mol. The van der Waals surface area contributed by atoms with Gasteiger partial charge in [-0.25, -0.2) is 8.78 Å². The molecule has 5 heteroatoms. The molecule has 3 nitrogen and oxygen atoms in total. The van der Waals surface area contributed by atoms with Gasteiger partial charge in [0.05, 0.1) is 12.7 Å². The first-order chi connectivity index (χ1) is 9.62. The Morgan fingerprint density at radius 1 is 1.35 bits per heavy atom. The van der Waals surface area contributed by atoms with Gasteiger partial charge in [-0.2, -0.15) is 0 Å². The number of rotatable bonds is 4. The summed E-state index contributed by atoms with van der Waals surface area (Å²) in [6.07, 6.45) is 2.35. The van der Waals surface area contributed by atoms with Gasteiger partial charge in [0, 0.05) is 18.2 Å². The summed E-state index contributed by atoms with van der Waals surface area (Å²) in [5.41, 5.74) is -0.458. The van der Waals surface area contributed by atoms with Crippen LogP contribution in [0.3, 0.4) is 0 Å². The summed E-state index contributed by atoms with van der Waals surface area (Å²) in [5.74, 6) is -1.19. The van der Waals surface area contributed by atoms with Gasteiger partial charge >= 0.3 is 0 Å². The van der Waals surface area contributed by atoms with E-state index in [0.717, 1.165) is 25.3 Å². The Hall–Kier alpha value is -1.04. The highest BCUT2D eigenvalue weighted by Gasteiger charge is 2.54. The molecule has 0 spiro atoms. The molecule has 1 unspecified atom stereocenters. The van der Waals surface area contributed by atoms with E-state index in [2.05, 4.69) is 0 Å². The minimum atomic E-state index is -0.807. The van der Waals surface area contributed by atoms with E-state index >= 15 is 0 Å². The quantitative estimate of drug-likeness (QED) is 0.796. The van der Waals surface area contributed by atoms with Crippen LogP contribution in [0.5, 0.6) is 0 Å². The average Bonchev–Trinajstić information content (AvgIpc) is 3.21. The third kappa shape index (κ3) is 2.57. The van der Waals surface area contributed by atoms with Crippen LogP contribution in [0, 0.1) is 11.6 Å². The SMILES string of the molecule is C[C@@H](O[C@@H]1CCCCO1)C1(c2ccc(F)cc2F)CO1. The van der Waals surface area contributed by atoms with Crippen LogP contribution in [0.25, 0.3) is 0 Å². The minimum absolute atomic E-state index is 0.261. The van der Waals surface area contributed by atoms with Gasteiger partial charge in [0.25, 0.3) is 0 Å². The molecule has 0 bridgehead atoms. The van der Waals surface area contributed by atoms with Crippen LogP contribution in [0.4, 0.5) is 8.78 Å². The van der Waals surface area contributed by atoms with E-state index in [1.165, 1.54) is 12.1 Å². The van der Waals surface area contributed by atoms with Gasteiger partial charge in [-0.05, 0) is 32.3 Å². The third-order valence-corrected chi connectivity index (χ3v) is 3.99. The summed E-state index contributed by atoms with van der Waals surface area (Å²) >= 11 is 0. The Labute approximate surface area is 116 Å². The van der Waals surface area contributed by atoms with Crippen molar-refractivity contribution < 1.29 is 23.0 Å². The molecule has 1 aromatic rings. The molecule has 110 valence electrons. The first kappa shape index (κ1) is 13.9. The molecule has 2 saturated heterocycles. The maximum absolute atomic E-state index is 13.9. The van der Waals surface area contributed by atoms with Gasteiger partial charge in [0.1, 0.15) is 17.2 Å². The van der Waals surface area contributed by atoms with Crippen molar-refractivity contribution in [2.45, 2.75) is 44.2 Å². The standard InChI is InChI=1S/C15H18F2O3/c1-10(20-14-4-2-3-7-18-14)15(9-19-15)12-6-5-11(16)8-13(12)17/h5-6,8,10,14H,2-4,7,9H2,1H3/t10-,14-,15?/m1/s1. The molecule has 2 aliphatic rings. The zero-order valence-electron chi connectivity index (χ0n) is 11.4. The fourth-order valence-corrected chi connectivity index (χ4v) is 2.68. The molecule has 0 saturated carbocycles. The normalized spacial score (nSPS) is 31.1. The van der Waals surface area contributed by atoms with Crippen molar-refractivity contribution in [1.82, 2.24) is 0 Å². The first-order valence-corrected chi connectivity index (χ1v) is 6.98. The molecule has 1 aromatic carbocycles. The molecule has 3 atom stereocenters. The lowest BCUT2D eigenvalue weighted by atomic mass is 9.94. The number of ether oxygens (including phenoxy) is 3. The summed E-state index contributed by atoms with van der Waals surface area (Å²) in [6, 6.07) is 3.55. The van der Waals surface area contributed by atoms with Crippen molar-refractivity contribution in [3.8, 4) is 0 Å². The van der Waals surface area contributed by atoms with Crippen molar-refractivity contribution in [1.29, 1.82) is 0 Å². The van der Waals surface area contributed by atoms with Crippen LogP contribution >= 0.6 is 0 Å². The highest BCUT2D eigenvalue weighted by molar-refractivity contribution is 5.30. The molecule has 2 aliphatic heterocycles. The van der Waals surface area contributed by atoms with Crippen LogP contribution < -0.4 is 0 Å². The van der Waals surface area contributed by atoms with Gasteiger partial charge in [0.15, 0.2) is 6.29 Å². The second kappa shape index (κ2) is 5.39. The molecule has 0 aliphatic carbocycles. The fraction of sp³-hybridized carbons (Fsp3) is 0.600. The average molecular weight is 284 g/mol. The number of benzene rings is 1. The van der Waals surface area contributed by atoms with Crippen LogP contribution in [-0.4, -0.2) is 25.6 Å². The Morgan fingerprint density at radius 2 is 2.15 bits per heavy atom. The van der Waals surface area contributed by atoms with Gasteiger partial charge in [-0.15, -0.1) is 0 Å². The largest absolute Gasteiger partial charge is 0.362 e. The molecule has 0 N–H and O–H groups in total. The van der Waals surface area contributed by atoms with E-state index in [1.807, 2.05) is 6.92 Å². The Morgan fingerprint density at radius 3 is 2.75 bits per heavy atom. The summed E-state index contributed by atoms with van der Waals surface area (Å²) in [5, 5.41) is 0. The second-order valence-corrected chi connectivity index (χ2v) is 5.38. The van der Waals surface area contributed by atoms with Crippen LogP contribution in [0.15, 0.2) is 18.2 Å². The molecule has 3 rings (SSSR count). The molecule has 0 amide bonds. The van der Waals surface area contributed by atoms with Crippen molar-refractivity contribution in [2.24, 2.45) is 0 Å². The van der Waals surface area contributed by atoms with Crippen molar-refractivity contribution in [3.63, 3.8) is 0 Å². The van der Waals surface area contributed by atoms with E-state index in [1.54, 1.807) is 0 Å². The third-order valence-electron chi connectivity index (χ3n) is 3.99. The van der Waals surface area contributed by atoms with Crippen molar-refractivity contribution >= 4 is 0 Å². The zero-order chi connectivity index (χ0) is 14.2. The maximum Gasteiger partial charge on any atom is 0.158 e. The lowest BCUT2D eigenvalue weighted by Gasteiger charge is -2.29. The fourth-order valence-electron chi connectivity index (χ4n) is 2.68. The van der Waals surface area contributed by atoms with Gasteiger partial charge < -0.3 is 14.2 Å². The second-order valence-electron chi connectivity index (χ2n) is 5.38. The summed E-state index contributed by atoms with van der Waals surface area (Å²) in [4.78, 5) is 0. The van der Waals surface area contributed by atoms with E-state index in [4.69, 9.17) is 14.2 Å². The Bertz CT molecular complexity index is 482. The van der Waals surface area contributed by atoms with Gasteiger partial charge in [-0.3, -0.25) is 0 Å². The molecular formula is C15H18F2O3. The van der Waals surface area contributed by atoms with Gasteiger partial charge in [0.2, 0.25) is 0 Å². The van der Waals surface area contributed by atoms with Crippen molar-refractivity contribution in [2.75, 3.05) is 13.2 Å². The smallest absolute Gasteiger partial charge is 0.158 e. The van der Waals surface area contributed by atoms with Crippen LogP contribution in [-0.2, 0) is 19.8 Å². The highest BCUT2D eigenvalue weighted by Crippen LogP contribution is 2.45.